The van der Waals surface area contributed by atoms with Gasteiger partial charge in [-0.05, 0) is 60.5 Å². The third-order valence-corrected chi connectivity index (χ3v) is 7.42. The number of halogens is 5. The van der Waals surface area contributed by atoms with Gasteiger partial charge in [0.15, 0.2) is 0 Å². The molecule has 0 spiro atoms. The minimum absolute atomic E-state index is 0.0320. The number of alkyl halides is 3. The fourth-order valence-electron chi connectivity index (χ4n) is 3.71. The Kier molecular flexibility index (Phi) is 6.35. The van der Waals surface area contributed by atoms with Crippen molar-refractivity contribution in [2.75, 3.05) is 17.5 Å². The second-order valence-corrected chi connectivity index (χ2v) is 9.87. The lowest BCUT2D eigenvalue weighted by molar-refractivity contribution is -0.137. The lowest BCUT2D eigenvalue weighted by Gasteiger charge is -2.31. The van der Waals surface area contributed by atoms with E-state index in [1.165, 1.54) is 18.2 Å². The molecule has 4 nitrogen and oxygen atoms in total. The van der Waals surface area contributed by atoms with Crippen LogP contribution in [0.3, 0.4) is 0 Å². The molecule has 0 unspecified atom stereocenters. The molecular weight excluding hydrogens is 494 g/mol. The first-order valence-electron chi connectivity index (χ1n) is 10.1. The molecular formula is C24H18ClF4NO3S. The molecule has 0 amide bonds. The van der Waals surface area contributed by atoms with E-state index < -0.39 is 32.5 Å². The van der Waals surface area contributed by atoms with E-state index in [0.29, 0.717) is 17.2 Å². The SMILES string of the molecule is CC(=Cc1ccc2c(c1)N(S(=O)(=O)c1cccc(C(F)(F)F)c1)CCO2)c1c(F)cccc1Cl. The number of sulfonamides is 1. The van der Waals surface area contributed by atoms with Gasteiger partial charge in [-0.25, -0.2) is 12.8 Å². The molecule has 1 heterocycles. The Balaban J connectivity index is 1.76. The number of hydrogen-bond donors (Lipinski definition) is 0. The number of ether oxygens (including phenoxy) is 1. The Hall–Kier alpha value is -3.04. The Morgan fingerprint density at radius 2 is 1.82 bits per heavy atom. The first-order chi connectivity index (χ1) is 16.0. The molecule has 0 saturated heterocycles. The van der Waals surface area contributed by atoms with E-state index in [-0.39, 0.29) is 35.2 Å². The third-order valence-electron chi connectivity index (χ3n) is 5.29. The zero-order valence-electron chi connectivity index (χ0n) is 17.7. The van der Waals surface area contributed by atoms with Crippen molar-refractivity contribution in [3.05, 3.63) is 88.2 Å². The number of fused-ring (bicyclic) bond motifs is 1. The molecule has 3 aromatic rings. The van der Waals surface area contributed by atoms with E-state index in [2.05, 4.69) is 0 Å². The summed E-state index contributed by atoms with van der Waals surface area (Å²) in [6, 6.07) is 12.7. The molecule has 0 bridgehead atoms. The molecule has 0 aliphatic carbocycles. The fraction of sp³-hybridized carbons (Fsp3) is 0.167. The Morgan fingerprint density at radius 1 is 1.09 bits per heavy atom. The van der Waals surface area contributed by atoms with E-state index in [4.69, 9.17) is 16.3 Å². The number of nitrogens with zero attached hydrogens (tertiary/aromatic N) is 1. The van der Waals surface area contributed by atoms with Crippen LogP contribution in [0.5, 0.6) is 5.75 Å². The van der Waals surface area contributed by atoms with Crippen LogP contribution < -0.4 is 9.04 Å². The van der Waals surface area contributed by atoms with Gasteiger partial charge >= 0.3 is 6.18 Å². The van der Waals surface area contributed by atoms with E-state index in [0.717, 1.165) is 22.5 Å². The minimum Gasteiger partial charge on any atom is -0.489 e. The normalized spacial score (nSPS) is 14.5. The molecule has 34 heavy (non-hydrogen) atoms. The van der Waals surface area contributed by atoms with Gasteiger partial charge in [-0.3, -0.25) is 4.31 Å². The van der Waals surface area contributed by atoms with Crippen LogP contribution in [0, 0.1) is 5.82 Å². The average Bonchev–Trinajstić information content (AvgIpc) is 2.78. The van der Waals surface area contributed by atoms with Crippen molar-refractivity contribution in [3.8, 4) is 5.75 Å². The summed E-state index contributed by atoms with van der Waals surface area (Å²) in [7, 11) is -4.32. The van der Waals surface area contributed by atoms with Gasteiger partial charge in [0, 0.05) is 5.56 Å². The van der Waals surface area contributed by atoms with Gasteiger partial charge in [0.2, 0.25) is 0 Å². The highest BCUT2D eigenvalue weighted by Crippen LogP contribution is 2.38. The molecule has 0 fully saturated rings. The van der Waals surface area contributed by atoms with E-state index >= 15 is 0 Å². The standard InChI is InChI=1S/C24H18ClF4NO3S/c1-15(23-19(25)6-3-7-20(23)26)12-16-8-9-22-21(13-16)30(10-11-33-22)34(31,32)18-5-2-4-17(14-18)24(27,28)29/h2-9,12-14H,10-11H2,1H3. The van der Waals surface area contributed by atoms with Crippen LogP contribution in [0.4, 0.5) is 23.2 Å². The highest BCUT2D eigenvalue weighted by Gasteiger charge is 2.34. The van der Waals surface area contributed by atoms with E-state index in [1.807, 2.05) is 0 Å². The molecule has 1 aliphatic rings. The van der Waals surface area contributed by atoms with Gasteiger partial charge in [-0.15, -0.1) is 0 Å². The van der Waals surface area contributed by atoms with Crippen molar-refractivity contribution in [1.82, 2.24) is 0 Å². The Labute approximate surface area is 199 Å². The molecule has 10 heteroatoms. The van der Waals surface area contributed by atoms with Crippen LogP contribution in [0.15, 0.2) is 65.6 Å². The predicted octanol–water partition coefficient (Wildman–Crippen LogP) is 6.65. The van der Waals surface area contributed by atoms with Gasteiger partial charge in [-0.1, -0.05) is 35.9 Å². The van der Waals surface area contributed by atoms with Gasteiger partial charge in [0.05, 0.1) is 27.7 Å². The smallest absolute Gasteiger partial charge is 0.416 e. The van der Waals surface area contributed by atoms with Crippen LogP contribution in [0.2, 0.25) is 5.02 Å². The van der Waals surface area contributed by atoms with Crippen molar-refractivity contribution in [2.45, 2.75) is 18.0 Å². The highest BCUT2D eigenvalue weighted by atomic mass is 35.5. The second-order valence-electron chi connectivity index (χ2n) is 7.60. The van der Waals surface area contributed by atoms with Crippen LogP contribution in [-0.4, -0.2) is 21.6 Å². The maximum Gasteiger partial charge on any atom is 0.416 e. The van der Waals surface area contributed by atoms with Crippen LogP contribution >= 0.6 is 11.6 Å². The van der Waals surface area contributed by atoms with Gasteiger partial charge in [-0.2, -0.15) is 13.2 Å². The number of rotatable bonds is 4. The lowest BCUT2D eigenvalue weighted by atomic mass is 10.0. The summed E-state index contributed by atoms with van der Waals surface area (Å²) < 4.78 is 86.9. The molecule has 3 aromatic carbocycles. The third kappa shape index (κ3) is 4.63. The summed E-state index contributed by atoms with van der Waals surface area (Å²) in [5, 5.41) is 0.226. The summed E-state index contributed by atoms with van der Waals surface area (Å²) in [5.41, 5.74) is 0.366. The van der Waals surface area contributed by atoms with Crippen molar-refractivity contribution >= 4 is 39.0 Å². The Morgan fingerprint density at radius 3 is 2.53 bits per heavy atom. The summed E-state index contributed by atoms with van der Waals surface area (Å²) >= 11 is 6.13. The van der Waals surface area contributed by atoms with Crippen molar-refractivity contribution in [1.29, 1.82) is 0 Å². The first-order valence-corrected chi connectivity index (χ1v) is 11.9. The lowest BCUT2D eigenvalue weighted by Crippen LogP contribution is -2.38. The van der Waals surface area contributed by atoms with Gasteiger partial charge in [0.25, 0.3) is 10.0 Å². The fourth-order valence-corrected chi connectivity index (χ4v) is 5.52. The summed E-state index contributed by atoms with van der Waals surface area (Å²) in [5.74, 6) is -0.239. The second kappa shape index (κ2) is 8.96. The molecule has 4 rings (SSSR count). The first kappa shape index (κ1) is 24.1. The molecule has 0 aromatic heterocycles. The molecule has 178 valence electrons. The maximum atomic E-state index is 14.3. The van der Waals surface area contributed by atoms with Crippen molar-refractivity contribution in [3.63, 3.8) is 0 Å². The topological polar surface area (TPSA) is 46.6 Å². The maximum absolute atomic E-state index is 14.3. The molecule has 1 aliphatic heterocycles. The predicted molar refractivity (Wildman–Crippen MR) is 123 cm³/mol. The van der Waals surface area contributed by atoms with Crippen LogP contribution in [-0.2, 0) is 16.2 Å². The average molecular weight is 512 g/mol. The van der Waals surface area contributed by atoms with Gasteiger partial charge in [0.1, 0.15) is 18.2 Å². The highest BCUT2D eigenvalue weighted by molar-refractivity contribution is 7.92. The molecule has 0 saturated carbocycles. The number of allylic oxidation sites excluding steroid dienone is 1. The molecule has 0 N–H and O–H groups in total. The monoisotopic (exact) mass is 511 g/mol. The molecule has 0 radical (unpaired) electrons. The summed E-state index contributed by atoms with van der Waals surface area (Å²) in [4.78, 5) is -0.481. The summed E-state index contributed by atoms with van der Waals surface area (Å²) in [6.07, 6.45) is -3.05. The van der Waals surface area contributed by atoms with Crippen LogP contribution in [0.1, 0.15) is 23.6 Å². The van der Waals surface area contributed by atoms with Crippen molar-refractivity contribution in [2.24, 2.45) is 0 Å². The number of anilines is 1. The van der Waals surface area contributed by atoms with Crippen LogP contribution in [0.25, 0.3) is 11.6 Å². The minimum atomic E-state index is -4.68. The van der Waals surface area contributed by atoms with E-state index in [9.17, 15) is 26.0 Å². The molecule has 0 atom stereocenters. The quantitative estimate of drug-likeness (QED) is 0.291. The number of hydrogen-bond acceptors (Lipinski definition) is 3. The van der Waals surface area contributed by atoms with Gasteiger partial charge < -0.3 is 4.74 Å². The summed E-state index contributed by atoms with van der Waals surface area (Å²) in [6.45, 7) is 1.61. The van der Waals surface area contributed by atoms with Crippen molar-refractivity contribution < 1.29 is 30.7 Å². The number of benzene rings is 3. The zero-order chi connectivity index (χ0) is 24.7. The Bertz CT molecular complexity index is 1370. The van der Waals surface area contributed by atoms with E-state index in [1.54, 1.807) is 31.2 Å². The largest absolute Gasteiger partial charge is 0.489 e. The zero-order valence-corrected chi connectivity index (χ0v) is 19.3.